The van der Waals surface area contributed by atoms with Gasteiger partial charge < -0.3 is 9.84 Å². The highest BCUT2D eigenvalue weighted by Gasteiger charge is 2.12. The Morgan fingerprint density at radius 3 is 2.60 bits per heavy atom. The Bertz CT molecular complexity index is 650. The van der Waals surface area contributed by atoms with Gasteiger partial charge in [-0.05, 0) is 54.8 Å². The van der Waals surface area contributed by atoms with E-state index in [9.17, 15) is 9.18 Å². The summed E-state index contributed by atoms with van der Waals surface area (Å²) in [6.45, 7) is 4.39. The zero-order valence-corrected chi connectivity index (χ0v) is 11.3. The normalized spacial score (nSPS) is 10.3. The maximum Gasteiger partial charge on any atom is 0.338 e. The van der Waals surface area contributed by atoms with E-state index in [4.69, 9.17) is 9.84 Å². The number of ether oxygens (including phenoxy) is 1. The van der Waals surface area contributed by atoms with E-state index >= 15 is 0 Å². The predicted molar refractivity (Wildman–Crippen MR) is 74.7 cm³/mol. The van der Waals surface area contributed by atoms with Crippen LogP contribution in [0.25, 0.3) is 11.1 Å². The van der Waals surface area contributed by atoms with Crippen LogP contribution in [0, 0.1) is 12.7 Å². The molecule has 0 fully saturated rings. The van der Waals surface area contributed by atoms with Crippen molar-refractivity contribution < 1.29 is 19.0 Å². The molecule has 0 unspecified atom stereocenters. The number of hydrogen-bond donors (Lipinski definition) is 1. The summed E-state index contributed by atoms with van der Waals surface area (Å²) >= 11 is 0. The lowest BCUT2D eigenvalue weighted by atomic mass is 9.98. The quantitative estimate of drug-likeness (QED) is 0.919. The van der Waals surface area contributed by atoms with E-state index in [-0.39, 0.29) is 5.56 Å². The Morgan fingerprint density at radius 1 is 1.25 bits per heavy atom. The summed E-state index contributed by atoms with van der Waals surface area (Å²) in [6, 6.07) is 9.64. The fourth-order valence-corrected chi connectivity index (χ4v) is 2.07. The fourth-order valence-electron chi connectivity index (χ4n) is 2.07. The number of benzene rings is 2. The zero-order valence-electron chi connectivity index (χ0n) is 11.3. The number of carbonyl (C=O) groups is 1. The monoisotopic (exact) mass is 274 g/mol. The summed E-state index contributed by atoms with van der Waals surface area (Å²) < 4.78 is 18.8. The van der Waals surface area contributed by atoms with Gasteiger partial charge in [0.1, 0.15) is 11.6 Å². The van der Waals surface area contributed by atoms with Crippen molar-refractivity contribution in [1.29, 1.82) is 0 Å². The maximum atomic E-state index is 13.4. The molecule has 0 atom stereocenters. The van der Waals surface area contributed by atoms with Crippen LogP contribution in [0.15, 0.2) is 36.4 Å². The molecule has 2 aromatic rings. The fraction of sp³-hybridized carbons (Fsp3) is 0.188. The molecule has 0 spiro atoms. The molecule has 0 radical (unpaired) electrons. The maximum absolute atomic E-state index is 13.4. The summed E-state index contributed by atoms with van der Waals surface area (Å²) in [5.41, 5.74) is 2.15. The Kier molecular flexibility index (Phi) is 4.03. The molecule has 0 aliphatic rings. The number of rotatable bonds is 4. The molecule has 0 amide bonds. The van der Waals surface area contributed by atoms with E-state index in [2.05, 4.69) is 0 Å². The summed E-state index contributed by atoms with van der Waals surface area (Å²) in [7, 11) is 0. The van der Waals surface area contributed by atoms with Crippen molar-refractivity contribution in [3.8, 4) is 16.9 Å². The lowest BCUT2D eigenvalue weighted by Crippen LogP contribution is -2.01. The van der Waals surface area contributed by atoms with Crippen molar-refractivity contribution in [2.75, 3.05) is 6.61 Å². The first-order valence-electron chi connectivity index (χ1n) is 6.29. The molecular weight excluding hydrogens is 259 g/mol. The number of aromatic carboxylic acids is 1. The van der Waals surface area contributed by atoms with Gasteiger partial charge in [0.05, 0.1) is 12.2 Å². The van der Waals surface area contributed by atoms with Crippen molar-refractivity contribution in [2.24, 2.45) is 0 Å². The van der Waals surface area contributed by atoms with E-state index in [1.165, 1.54) is 12.1 Å². The Hall–Kier alpha value is -2.36. The lowest BCUT2D eigenvalue weighted by Gasteiger charge is -2.10. The van der Waals surface area contributed by atoms with Crippen LogP contribution in [0.5, 0.6) is 5.75 Å². The minimum atomic E-state index is -1.27. The average molecular weight is 274 g/mol. The van der Waals surface area contributed by atoms with E-state index < -0.39 is 11.8 Å². The molecule has 104 valence electrons. The van der Waals surface area contributed by atoms with E-state index in [1.807, 2.05) is 32.0 Å². The summed E-state index contributed by atoms with van der Waals surface area (Å²) in [6.07, 6.45) is 0. The first kappa shape index (κ1) is 14.1. The van der Waals surface area contributed by atoms with Crippen LogP contribution in [-0.2, 0) is 0 Å². The first-order chi connectivity index (χ1) is 9.52. The average Bonchev–Trinajstić information content (AvgIpc) is 2.40. The van der Waals surface area contributed by atoms with Crippen LogP contribution < -0.4 is 4.74 Å². The zero-order chi connectivity index (χ0) is 14.7. The van der Waals surface area contributed by atoms with Gasteiger partial charge in [0.2, 0.25) is 0 Å². The smallest absolute Gasteiger partial charge is 0.338 e. The van der Waals surface area contributed by atoms with E-state index in [0.717, 1.165) is 16.9 Å². The molecule has 4 heteroatoms. The van der Waals surface area contributed by atoms with Gasteiger partial charge in [0, 0.05) is 0 Å². The van der Waals surface area contributed by atoms with Crippen LogP contribution in [-0.4, -0.2) is 17.7 Å². The second-order valence-electron chi connectivity index (χ2n) is 4.41. The molecule has 0 saturated heterocycles. The molecule has 0 heterocycles. The highest BCUT2D eigenvalue weighted by Crippen LogP contribution is 2.28. The van der Waals surface area contributed by atoms with Crippen LogP contribution in [0.1, 0.15) is 22.8 Å². The Morgan fingerprint density at radius 2 is 2.00 bits per heavy atom. The summed E-state index contributed by atoms with van der Waals surface area (Å²) in [5.74, 6) is -1.24. The highest BCUT2D eigenvalue weighted by molar-refractivity contribution is 5.90. The first-order valence-corrected chi connectivity index (χ1v) is 6.29. The second kappa shape index (κ2) is 5.74. The van der Waals surface area contributed by atoms with Crippen LogP contribution in [0.4, 0.5) is 4.39 Å². The van der Waals surface area contributed by atoms with Gasteiger partial charge in [-0.2, -0.15) is 0 Å². The van der Waals surface area contributed by atoms with Crippen molar-refractivity contribution in [3.05, 3.63) is 53.3 Å². The molecule has 0 aliphatic carbocycles. The van der Waals surface area contributed by atoms with Gasteiger partial charge in [-0.3, -0.25) is 0 Å². The highest BCUT2D eigenvalue weighted by atomic mass is 19.1. The van der Waals surface area contributed by atoms with Crippen molar-refractivity contribution in [3.63, 3.8) is 0 Å². The topological polar surface area (TPSA) is 46.5 Å². The number of carboxylic acids is 1. The van der Waals surface area contributed by atoms with Crippen LogP contribution >= 0.6 is 0 Å². The molecule has 0 aliphatic heterocycles. The Labute approximate surface area is 116 Å². The SMILES string of the molecule is CCOc1ccc(-c2ccc(F)c(C(=O)O)c2)c(C)c1. The lowest BCUT2D eigenvalue weighted by molar-refractivity contribution is 0.0692. The molecule has 2 rings (SSSR count). The van der Waals surface area contributed by atoms with E-state index in [0.29, 0.717) is 12.2 Å². The standard InChI is InChI=1S/C16H15FO3/c1-3-20-12-5-6-13(10(2)8-12)11-4-7-15(17)14(9-11)16(18)19/h4-9H,3H2,1-2H3,(H,18,19). The summed E-state index contributed by atoms with van der Waals surface area (Å²) in [4.78, 5) is 11.0. The van der Waals surface area contributed by atoms with Gasteiger partial charge in [-0.25, -0.2) is 9.18 Å². The van der Waals surface area contributed by atoms with Crippen molar-refractivity contribution in [2.45, 2.75) is 13.8 Å². The third-order valence-electron chi connectivity index (χ3n) is 3.02. The van der Waals surface area contributed by atoms with Crippen molar-refractivity contribution in [1.82, 2.24) is 0 Å². The van der Waals surface area contributed by atoms with Gasteiger partial charge in [-0.1, -0.05) is 12.1 Å². The van der Waals surface area contributed by atoms with Gasteiger partial charge in [0.25, 0.3) is 0 Å². The number of aryl methyl sites for hydroxylation is 1. The van der Waals surface area contributed by atoms with Gasteiger partial charge in [-0.15, -0.1) is 0 Å². The number of carboxylic acid groups (broad SMARTS) is 1. The van der Waals surface area contributed by atoms with Crippen LogP contribution in [0.2, 0.25) is 0 Å². The molecule has 0 saturated carbocycles. The third-order valence-corrected chi connectivity index (χ3v) is 3.02. The third kappa shape index (κ3) is 2.79. The molecule has 1 N–H and O–H groups in total. The number of hydrogen-bond acceptors (Lipinski definition) is 2. The van der Waals surface area contributed by atoms with Crippen molar-refractivity contribution >= 4 is 5.97 Å². The van der Waals surface area contributed by atoms with Crippen LogP contribution in [0.3, 0.4) is 0 Å². The van der Waals surface area contributed by atoms with E-state index in [1.54, 1.807) is 6.07 Å². The number of halogens is 1. The summed E-state index contributed by atoms with van der Waals surface area (Å²) in [5, 5.41) is 8.96. The minimum Gasteiger partial charge on any atom is -0.494 e. The molecule has 20 heavy (non-hydrogen) atoms. The Balaban J connectivity index is 2.46. The van der Waals surface area contributed by atoms with Gasteiger partial charge in [0.15, 0.2) is 0 Å². The second-order valence-corrected chi connectivity index (χ2v) is 4.41. The molecule has 0 bridgehead atoms. The molecule has 3 nitrogen and oxygen atoms in total. The molecule has 0 aromatic heterocycles. The minimum absolute atomic E-state index is 0.323. The molecular formula is C16H15FO3. The largest absolute Gasteiger partial charge is 0.494 e. The molecule has 2 aromatic carbocycles. The predicted octanol–water partition coefficient (Wildman–Crippen LogP) is 3.90. The van der Waals surface area contributed by atoms with Gasteiger partial charge >= 0.3 is 5.97 Å².